The average molecular weight is 401 g/mol. The Morgan fingerprint density at radius 1 is 1.24 bits per heavy atom. The van der Waals surface area contributed by atoms with Gasteiger partial charge >= 0.3 is 0 Å². The number of benzene rings is 1. The summed E-state index contributed by atoms with van der Waals surface area (Å²) in [6.45, 7) is -0.158. The molecule has 0 atom stereocenters. The molecule has 2 aromatic heterocycles. The highest BCUT2D eigenvalue weighted by Crippen LogP contribution is 2.26. The lowest BCUT2D eigenvalue weighted by Gasteiger charge is -2.13. The lowest BCUT2D eigenvalue weighted by atomic mass is 10.1. The fraction of sp³-hybridized carbons (Fsp3) is 0.263. The van der Waals surface area contributed by atoms with Crippen LogP contribution in [0.1, 0.15) is 16.1 Å². The molecule has 0 saturated carbocycles. The Balaban J connectivity index is 2.14. The van der Waals surface area contributed by atoms with Crippen molar-refractivity contribution >= 4 is 5.91 Å². The van der Waals surface area contributed by atoms with E-state index >= 15 is 4.39 Å². The third kappa shape index (κ3) is 4.23. The highest BCUT2D eigenvalue weighted by atomic mass is 19.1. The number of methoxy groups -OCH3 is 2. The molecule has 2 heterocycles. The number of aromatic nitrogens is 4. The maximum atomic E-state index is 15.3. The van der Waals surface area contributed by atoms with Crippen molar-refractivity contribution in [3.05, 3.63) is 64.1 Å². The van der Waals surface area contributed by atoms with Crippen LogP contribution < -0.4 is 10.7 Å². The van der Waals surface area contributed by atoms with E-state index in [4.69, 9.17) is 9.47 Å². The quantitative estimate of drug-likeness (QED) is 0.598. The van der Waals surface area contributed by atoms with Gasteiger partial charge in [-0.15, -0.1) is 0 Å². The molecule has 0 aliphatic rings. The first-order valence-electron chi connectivity index (χ1n) is 8.63. The minimum atomic E-state index is -0.729. The van der Waals surface area contributed by atoms with Gasteiger partial charge in [-0.25, -0.2) is 9.07 Å². The predicted octanol–water partition coefficient (Wildman–Crippen LogP) is 1.25. The van der Waals surface area contributed by atoms with Gasteiger partial charge in [-0.2, -0.15) is 10.2 Å². The number of ether oxygens (including phenoxy) is 2. The SMILES string of the molecule is COCNC(=O)c1nn(-c2cccc(-c3cnn(C)c3)c2F)cc(COC)c1=O. The Kier molecular flexibility index (Phi) is 6.15. The van der Waals surface area contributed by atoms with Crippen molar-refractivity contribution < 1.29 is 18.7 Å². The number of amides is 1. The number of carbonyl (C=O) groups is 1. The van der Waals surface area contributed by atoms with E-state index in [0.29, 0.717) is 11.1 Å². The smallest absolute Gasteiger partial charge is 0.277 e. The first kappa shape index (κ1) is 20.4. The number of hydrogen-bond acceptors (Lipinski definition) is 6. The topological polar surface area (TPSA) is 100 Å². The monoisotopic (exact) mass is 401 g/mol. The fourth-order valence-corrected chi connectivity index (χ4v) is 2.77. The van der Waals surface area contributed by atoms with Crippen LogP contribution in [0, 0.1) is 5.82 Å². The number of nitrogens with zero attached hydrogens (tertiary/aromatic N) is 4. The van der Waals surface area contributed by atoms with E-state index in [-0.39, 0.29) is 30.3 Å². The van der Waals surface area contributed by atoms with Gasteiger partial charge in [-0.1, -0.05) is 12.1 Å². The van der Waals surface area contributed by atoms with Crippen molar-refractivity contribution in [1.82, 2.24) is 24.9 Å². The summed E-state index contributed by atoms with van der Waals surface area (Å²) < 4.78 is 27.8. The average Bonchev–Trinajstić information content (AvgIpc) is 3.14. The molecule has 0 radical (unpaired) electrons. The van der Waals surface area contributed by atoms with Gasteiger partial charge in [0.1, 0.15) is 12.4 Å². The number of nitrogens with one attached hydrogen (secondary N) is 1. The predicted molar refractivity (Wildman–Crippen MR) is 102 cm³/mol. The van der Waals surface area contributed by atoms with E-state index < -0.39 is 17.2 Å². The minimum absolute atomic E-state index is 0.0597. The number of rotatable bonds is 7. The van der Waals surface area contributed by atoms with Crippen LogP contribution in [0.4, 0.5) is 4.39 Å². The zero-order valence-electron chi connectivity index (χ0n) is 16.2. The van der Waals surface area contributed by atoms with Gasteiger partial charge in [-0.05, 0) is 6.07 Å². The van der Waals surface area contributed by atoms with Gasteiger partial charge in [0.2, 0.25) is 5.43 Å². The highest BCUT2D eigenvalue weighted by Gasteiger charge is 2.19. The van der Waals surface area contributed by atoms with E-state index in [2.05, 4.69) is 15.5 Å². The molecule has 0 saturated heterocycles. The van der Waals surface area contributed by atoms with Crippen LogP contribution in [0.2, 0.25) is 0 Å². The molecule has 152 valence electrons. The van der Waals surface area contributed by atoms with Crippen molar-refractivity contribution in [2.45, 2.75) is 6.61 Å². The van der Waals surface area contributed by atoms with Crippen LogP contribution in [0.3, 0.4) is 0 Å². The van der Waals surface area contributed by atoms with E-state index in [9.17, 15) is 9.59 Å². The van der Waals surface area contributed by atoms with Crippen LogP contribution in [0.25, 0.3) is 16.8 Å². The van der Waals surface area contributed by atoms with Crippen LogP contribution in [0.15, 0.2) is 41.6 Å². The Hall–Kier alpha value is -3.37. The van der Waals surface area contributed by atoms with Crippen molar-refractivity contribution in [2.24, 2.45) is 7.05 Å². The van der Waals surface area contributed by atoms with E-state index in [1.54, 1.807) is 36.3 Å². The van der Waals surface area contributed by atoms with E-state index in [0.717, 1.165) is 4.68 Å². The zero-order valence-corrected chi connectivity index (χ0v) is 16.2. The highest BCUT2D eigenvalue weighted by molar-refractivity contribution is 5.92. The molecule has 1 aromatic carbocycles. The molecular formula is C19H20FN5O4. The van der Waals surface area contributed by atoms with E-state index in [1.807, 2.05) is 0 Å². The van der Waals surface area contributed by atoms with Crippen LogP contribution >= 0.6 is 0 Å². The largest absolute Gasteiger partial charge is 0.380 e. The van der Waals surface area contributed by atoms with Gasteiger partial charge in [0.05, 0.1) is 12.8 Å². The summed E-state index contributed by atoms with van der Waals surface area (Å²) in [5.74, 6) is -1.30. The number of carbonyl (C=O) groups excluding carboxylic acids is 1. The lowest BCUT2D eigenvalue weighted by molar-refractivity contribution is 0.0863. The van der Waals surface area contributed by atoms with Crippen molar-refractivity contribution in [3.63, 3.8) is 0 Å². The Bertz CT molecular complexity index is 1090. The molecule has 0 bridgehead atoms. The Morgan fingerprint density at radius 3 is 2.69 bits per heavy atom. The molecule has 0 spiro atoms. The third-order valence-electron chi connectivity index (χ3n) is 4.13. The minimum Gasteiger partial charge on any atom is -0.380 e. The molecule has 1 N–H and O–H groups in total. The summed E-state index contributed by atoms with van der Waals surface area (Å²) in [5.41, 5.74) is 0.155. The molecule has 0 aliphatic carbocycles. The molecule has 3 rings (SSSR count). The molecule has 9 nitrogen and oxygen atoms in total. The molecule has 10 heteroatoms. The molecule has 3 aromatic rings. The first-order chi connectivity index (χ1) is 14.0. The summed E-state index contributed by atoms with van der Waals surface area (Å²) in [4.78, 5) is 24.9. The summed E-state index contributed by atoms with van der Waals surface area (Å²) >= 11 is 0. The third-order valence-corrected chi connectivity index (χ3v) is 4.13. The van der Waals surface area contributed by atoms with Gasteiger partial charge < -0.3 is 14.8 Å². The van der Waals surface area contributed by atoms with Gasteiger partial charge in [0.15, 0.2) is 11.5 Å². The van der Waals surface area contributed by atoms with Crippen molar-refractivity contribution in [3.8, 4) is 16.8 Å². The molecule has 0 unspecified atom stereocenters. The van der Waals surface area contributed by atoms with Gasteiger partial charge in [-0.3, -0.25) is 14.3 Å². The summed E-state index contributed by atoms with van der Waals surface area (Å²) in [6.07, 6.45) is 4.58. The molecular weight excluding hydrogens is 381 g/mol. The second kappa shape index (κ2) is 8.76. The van der Waals surface area contributed by atoms with Crippen LogP contribution in [-0.4, -0.2) is 46.4 Å². The number of halogens is 1. The normalized spacial score (nSPS) is 10.9. The maximum absolute atomic E-state index is 15.3. The maximum Gasteiger partial charge on any atom is 0.277 e. The molecule has 0 fully saturated rings. The summed E-state index contributed by atoms with van der Waals surface area (Å²) in [6, 6.07) is 4.77. The standard InChI is InChI=1S/C19H20FN5O4/c1-24-8-12(7-22-24)14-5-4-6-15(16(14)20)25-9-13(10-28-2)18(26)17(23-25)19(27)21-11-29-3/h4-9H,10-11H2,1-3H3,(H,21,27). The fourth-order valence-electron chi connectivity index (χ4n) is 2.77. The molecule has 0 aliphatic heterocycles. The van der Waals surface area contributed by atoms with E-state index in [1.165, 1.54) is 26.5 Å². The van der Waals surface area contributed by atoms with Crippen molar-refractivity contribution in [2.75, 3.05) is 21.0 Å². The lowest BCUT2D eigenvalue weighted by Crippen LogP contribution is -2.34. The van der Waals surface area contributed by atoms with Crippen LogP contribution in [0.5, 0.6) is 0 Å². The van der Waals surface area contributed by atoms with Gasteiger partial charge in [0.25, 0.3) is 5.91 Å². The van der Waals surface area contributed by atoms with Crippen molar-refractivity contribution in [1.29, 1.82) is 0 Å². The molecule has 1 amide bonds. The summed E-state index contributed by atoms with van der Waals surface area (Å²) in [5, 5.41) is 10.5. The first-order valence-corrected chi connectivity index (χ1v) is 8.63. The van der Waals surface area contributed by atoms with Crippen LogP contribution in [-0.2, 0) is 23.1 Å². The zero-order chi connectivity index (χ0) is 21.0. The Morgan fingerprint density at radius 2 is 2.03 bits per heavy atom. The number of hydrogen-bond donors (Lipinski definition) is 1. The molecule has 29 heavy (non-hydrogen) atoms. The second-order valence-electron chi connectivity index (χ2n) is 6.19. The summed E-state index contributed by atoms with van der Waals surface area (Å²) in [7, 11) is 4.54. The second-order valence-corrected chi connectivity index (χ2v) is 6.19. The number of aryl methyl sites for hydroxylation is 1. The van der Waals surface area contributed by atoms with Gasteiger partial charge in [0, 0.05) is 50.4 Å². The Labute approximate surface area is 165 Å².